The summed E-state index contributed by atoms with van der Waals surface area (Å²) in [6.07, 6.45) is 1.83. The number of nitrogens with zero attached hydrogens (tertiary/aromatic N) is 3. The minimum Gasteiger partial charge on any atom is -0.351 e. The van der Waals surface area contributed by atoms with Gasteiger partial charge in [0.2, 0.25) is 0 Å². The molecule has 2 aromatic rings. The van der Waals surface area contributed by atoms with Gasteiger partial charge in [0.15, 0.2) is 5.82 Å². The highest BCUT2D eigenvalue weighted by atomic mass is 15.3. The largest absolute Gasteiger partial charge is 0.351 e. The minimum absolute atomic E-state index is 0.950. The van der Waals surface area contributed by atoms with E-state index in [4.69, 9.17) is 0 Å². The summed E-state index contributed by atoms with van der Waals surface area (Å²) in [6, 6.07) is 1.96. The standard InChI is InChI=1S/C9H10N4/c1-6-11-7-2-3-10-9(8(7)12-6)13-4-5-13/h2-3H,4-5H2,1H3,(H,11,12). The normalized spacial score (nSPS) is 15.3. The smallest absolute Gasteiger partial charge is 0.156 e. The molecule has 4 nitrogen and oxygen atoms in total. The Morgan fingerprint density at radius 2 is 2.31 bits per heavy atom. The van der Waals surface area contributed by atoms with E-state index in [9.17, 15) is 0 Å². The van der Waals surface area contributed by atoms with E-state index in [1.165, 1.54) is 0 Å². The Morgan fingerprint density at radius 3 is 3.08 bits per heavy atom. The van der Waals surface area contributed by atoms with Crippen molar-refractivity contribution in [3.05, 3.63) is 18.1 Å². The van der Waals surface area contributed by atoms with E-state index in [2.05, 4.69) is 19.9 Å². The van der Waals surface area contributed by atoms with Gasteiger partial charge in [0.1, 0.15) is 11.3 Å². The van der Waals surface area contributed by atoms with Gasteiger partial charge in [0.05, 0.1) is 5.52 Å². The number of aromatic nitrogens is 3. The average molecular weight is 174 g/mol. The van der Waals surface area contributed by atoms with Crippen LogP contribution in [0.4, 0.5) is 5.82 Å². The van der Waals surface area contributed by atoms with E-state index >= 15 is 0 Å². The van der Waals surface area contributed by atoms with Crippen molar-refractivity contribution in [2.24, 2.45) is 0 Å². The summed E-state index contributed by atoms with van der Waals surface area (Å²) in [7, 11) is 0. The van der Waals surface area contributed by atoms with Crippen molar-refractivity contribution in [3.8, 4) is 0 Å². The van der Waals surface area contributed by atoms with Gasteiger partial charge in [-0.3, -0.25) is 0 Å². The predicted octanol–water partition coefficient (Wildman–Crippen LogP) is 1.09. The molecule has 13 heavy (non-hydrogen) atoms. The Morgan fingerprint density at radius 1 is 1.46 bits per heavy atom. The summed E-state index contributed by atoms with van der Waals surface area (Å²) in [6.45, 7) is 4.18. The summed E-state index contributed by atoms with van der Waals surface area (Å²) in [5.41, 5.74) is 2.08. The first-order valence-electron chi connectivity index (χ1n) is 4.41. The number of pyridine rings is 1. The molecule has 1 fully saturated rings. The van der Waals surface area contributed by atoms with Crippen LogP contribution in [0.3, 0.4) is 0 Å². The molecule has 0 saturated carbocycles. The van der Waals surface area contributed by atoms with Crippen molar-refractivity contribution < 1.29 is 0 Å². The summed E-state index contributed by atoms with van der Waals surface area (Å²) < 4.78 is 0. The fourth-order valence-corrected chi connectivity index (χ4v) is 1.54. The Balaban J connectivity index is 2.31. The first-order valence-corrected chi connectivity index (χ1v) is 4.41. The number of hydrogen-bond acceptors (Lipinski definition) is 3. The third-order valence-electron chi connectivity index (χ3n) is 2.25. The van der Waals surface area contributed by atoms with E-state index < -0.39 is 0 Å². The molecule has 1 aliphatic heterocycles. The molecule has 0 atom stereocenters. The highest BCUT2D eigenvalue weighted by molar-refractivity contribution is 5.87. The molecule has 4 heteroatoms. The third kappa shape index (κ3) is 0.983. The molecular formula is C9H10N4. The van der Waals surface area contributed by atoms with Gasteiger partial charge in [-0.2, -0.15) is 0 Å². The Kier molecular flexibility index (Phi) is 1.17. The number of rotatable bonds is 1. The first kappa shape index (κ1) is 6.88. The second kappa shape index (κ2) is 2.22. The summed E-state index contributed by atoms with van der Waals surface area (Å²) in [5.74, 6) is 1.97. The van der Waals surface area contributed by atoms with Crippen molar-refractivity contribution >= 4 is 16.9 Å². The maximum absolute atomic E-state index is 4.41. The third-order valence-corrected chi connectivity index (χ3v) is 2.25. The number of imidazole rings is 1. The van der Waals surface area contributed by atoms with Crippen LogP contribution in [-0.2, 0) is 0 Å². The first-order chi connectivity index (χ1) is 6.34. The van der Waals surface area contributed by atoms with Crippen LogP contribution in [0.1, 0.15) is 5.82 Å². The molecule has 1 aliphatic rings. The van der Waals surface area contributed by atoms with Crippen molar-refractivity contribution in [2.45, 2.75) is 6.92 Å². The van der Waals surface area contributed by atoms with Gasteiger partial charge < -0.3 is 9.88 Å². The lowest BCUT2D eigenvalue weighted by Crippen LogP contribution is -1.94. The fourth-order valence-electron chi connectivity index (χ4n) is 1.54. The van der Waals surface area contributed by atoms with Crippen LogP contribution < -0.4 is 4.90 Å². The highest BCUT2D eigenvalue weighted by Crippen LogP contribution is 2.25. The molecule has 0 radical (unpaired) electrons. The molecule has 0 unspecified atom stereocenters. The van der Waals surface area contributed by atoms with Crippen LogP contribution in [0.5, 0.6) is 0 Å². The number of anilines is 1. The Hall–Kier alpha value is -1.58. The molecule has 0 bridgehead atoms. The van der Waals surface area contributed by atoms with E-state index in [1.54, 1.807) is 0 Å². The van der Waals surface area contributed by atoms with Crippen LogP contribution >= 0.6 is 0 Å². The number of aryl methyl sites for hydroxylation is 1. The van der Waals surface area contributed by atoms with E-state index in [-0.39, 0.29) is 0 Å². The number of aromatic amines is 1. The highest BCUT2D eigenvalue weighted by Gasteiger charge is 2.22. The lowest BCUT2D eigenvalue weighted by Gasteiger charge is -2.00. The number of hydrogen-bond donors (Lipinski definition) is 1. The maximum atomic E-state index is 4.41. The molecule has 0 amide bonds. The molecule has 1 N–H and O–H groups in total. The van der Waals surface area contributed by atoms with Crippen LogP contribution in [0.2, 0.25) is 0 Å². The molecule has 3 heterocycles. The molecule has 2 aromatic heterocycles. The zero-order chi connectivity index (χ0) is 8.84. The molecule has 0 spiro atoms. The molecule has 0 aromatic carbocycles. The van der Waals surface area contributed by atoms with Gasteiger partial charge in [0, 0.05) is 19.3 Å². The lowest BCUT2D eigenvalue weighted by atomic mass is 10.4. The van der Waals surface area contributed by atoms with Crippen LogP contribution in [0, 0.1) is 6.92 Å². The van der Waals surface area contributed by atoms with Crippen molar-refractivity contribution in [1.29, 1.82) is 0 Å². The van der Waals surface area contributed by atoms with Crippen molar-refractivity contribution in [2.75, 3.05) is 18.0 Å². The summed E-state index contributed by atoms with van der Waals surface area (Å²) in [4.78, 5) is 14.2. The second-order valence-electron chi connectivity index (χ2n) is 3.34. The minimum atomic E-state index is 0.950. The Bertz CT molecular complexity index is 456. The van der Waals surface area contributed by atoms with Crippen molar-refractivity contribution in [1.82, 2.24) is 15.0 Å². The lowest BCUT2D eigenvalue weighted by molar-refractivity contribution is 1.17. The Labute approximate surface area is 75.6 Å². The topological polar surface area (TPSA) is 44.6 Å². The molecule has 3 rings (SSSR count). The van der Waals surface area contributed by atoms with Gasteiger partial charge in [-0.25, -0.2) is 9.97 Å². The molecule has 66 valence electrons. The van der Waals surface area contributed by atoms with Crippen LogP contribution in [-0.4, -0.2) is 28.0 Å². The van der Waals surface area contributed by atoms with Crippen molar-refractivity contribution in [3.63, 3.8) is 0 Å². The fraction of sp³-hybridized carbons (Fsp3) is 0.333. The quantitative estimate of drug-likeness (QED) is 0.658. The summed E-state index contributed by atoms with van der Waals surface area (Å²) in [5, 5.41) is 0. The number of fused-ring (bicyclic) bond motifs is 1. The van der Waals surface area contributed by atoms with Gasteiger partial charge in [-0.05, 0) is 13.0 Å². The van der Waals surface area contributed by atoms with Crippen LogP contribution in [0.15, 0.2) is 12.3 Å². The monoisotopic (exact) mass is 174 g/mol. The zero-order valence-electron chi connectivity index (χ0n) is 7.41. The van der Waals surface area contributed by atoms with E-state index in [1.807, 2.05) is 19.2 Å². The molecule has 0 aliphatic carbocycles. The van der Waals surface area contributed by atoms with Crippen LogP contribution in [0.25, 0.3) is 11.0 Å². The SMILES string of the molecule is Cc1nc2c(N3CC3)nccc2[nH]1. The maximum Gasteiger partial charge on any atom is 0.156 e. The van der Waals surface area contributed by atoms with E-state index in [0.717, 1.165) is 35.8 Å². The number of nitrogens with one attached hydrogen (secondary N) is 1. The van der Waals surface area contributed by atoms with E-state index in [0.29, 0.717) is 0 Å². The average Bonchev–Trinajstić information content (AvgIpc) is 2.86. The number of H-pyrrole nitrogens is 1. The van der Waals surface area contributed by atoms with Gasteiger partial charge in [-0.1, -0.05) is 0 Å². The summed E-state index contributed by atoms with van der Waals surface area (Å²) >= 11 is 0. The zero-order valence-corrected chi connectivity index (χ0v) is 7.41. The second-order valence-corrected chi connectivity index (χ2v) is 3.34. The van der Waals surface area contributed by atoms with Gasteiger partial charge in [-0.15, -0.1) is 0 Å². The molecule has 1 saturated heterocycles. The molecular weight excluding hydrogens is 164 g/mol. The predicted molar refractivity (Wildman–Crippen MR) is 50.8 cm³/mol. The van der Waals surface area contributed by atoms with Gasteiger partial charge >= 0.3 is 0 Å². The van der Waals surface area contributed by atoms with Gasteiger partial charge in [0.25, 0.3) is 0 Å².